The molecule has 3 heteroatoms. The van der Waals surface area contributed by atoms with Crippen molar-refractivity contribution in [1.29, 1.82) is 0 Å². The van der Waals surface area contributed by atoms with Crippen LogP contribution in [0.3, 0.4) is 0 Å². The first-order valence-electron chi connectivity index (χ1n) is 4.87. The molecule has 0 saturated carbocycles. The highest BCUT2D eigenvalue weighted by atomic mass is 16.1. The first-order valence-corrected chi connectivity index (χ1v) is 4.87. The van der Waals surface area contributed by atoms with E-state index in [9.17, 15) is 4.79 Å². The van der Waals surface area contributed by atoms with Crippen LogP contribution in [0.4, 0.5) is 0 Å². The van der Waals surface area contributed by atoms with Crippen molar-refractivity contribution < 1.29 is 4.79 Å². The molecule has 0 saturated heterocycles. The van der Waals surface area contributed by atoms with Gasteiger partial charge in [0.1, 0.15) is 0 Å². The molecule has 0 aliphatic carbocycles. The standard InChI is InChI=1S/C9H17NO.C2H7N/c1-6-9(4,5)10-8(11)7(2)3;1-3-2/h2,6H2,1,3-5H3,(H,10,11);3H,1-2H3. The van der Waals surface area contributed by atoms with Crippen LogP contribution in [0.5, 0.6) is 0 Å². The minimum absolute atomic E-state index is 0.0585. The van der Waals surface area contributed by atoms with E-state index in [1.54, 1.807) is 6.92 Å². The van der Waals surface area contributed by atoms with Gasteiger partial charge in [0.25, 0.3) is 0 Å². The largest absolute Gasteiger partial charge is 0.347 e. The highest BCUT2D eigenvalue weighted by Gasteiger charge is 2.17. The van der Waals surface area contributed by atoms with Crippen molar-refractivity contribution in [2.24, 2.45) is 0 Å². The maximum absolute atomic E-state index is 11.1. The molecule has 0 unspecified atom stereocenters. The summed E-state index contributed by atoms with van der Waals surface area (Å²) in [6, 6.07) is 0. The van der Waals surface area contributed by atoms with Gasteiger partial charge in [-0.1, -0.05) is 13.5 Å². The zero-order valence-corrected chi connectivity index (χ0v) is 10.3. The number of amides is 1. The van der Waals surface area contributed by atoms with E-state index in [1.807, 2.05) is 34.9 Å². The van der Waals surface area contributed by atoms with E-state index < -0.39 is 0 Å². The van der Waals surface area contributed by atoms with Crippen LogP contribution in [0.25, 0.3) is 0 Å². The molecule has 0 aromatic carbocycles. The Morgan fingerprint density at radius 1 is 1.36 bits per heavy atom. The van der Waals surface area contributed by atoms with Gasteiger partial charge < -0.3 is 10.6 Å². The number of nitrogens with one attached hydrogen (secondary N) is 2. The molecule has 84 valence electrons. The normalized spacial score (nSPS) is 9.86. The van der Waals surface area contributed by atoms with Crippen molar-refractivity contribution in [1.82, 2.24) is 10.6 Å². The summed E-state index contributed by atoms with van der Waals surface area (Å²) >= 11 is 0. The molecular formula is C11H24N2O. The number of hydrogen-bond donors (Lipinski definition) is 2. The average Bonchev–Trinajstić information content (AvgIpc) is 2.05. The Labute approximate surface area is 88.0 Å². The van der Waals surface area contributed by atoms with Gasteiger partial charge in [-0.15, -0.1) is 0 Å². The zero-order valence-electron chi connectivity index (χ0n) is 10.3. The highest BCUT2D eigenvalue weighted by molar-refractivity contribution is 5.92. The predicted molar refractivity (Wildman–Crippen MR) is 62.3 cm³/mol. The van der Waals surface area contributed by atoms with Crippen LogP contribution in [0.15, 0.2) is 12.2 Å². The molecule has 0 bridgehead atoms. The van der Waals surface area contributed by atoms with Crippen LogP contribution in [-0.2, 0) is 4.79 Å². The Kier molecular flexibility index (Phi) is 8.44. The van der Waals surface area contributed by atoms with E-state index >= 15 is 0 Å². The molecule has 0 aliphatic heterocycles. The Balaban J connectivity index is 0. The van der Waals surface area contributed by atoms with E-state index in [-0.39, 0.29) is 11.4 Å². The molecule has 0 aromatic rings. The van der Waals surface area contributed by atoms with Crippen molar-refractivity contribution in [3.8, 4) is 0 Å². The number of hydrogen-bond acceptors (Lipinski definition) is 2. The van der Waals surface area contributed by atoms with Gasteiger partial charge in [0.15, 0.2) is 0 Å². The van der Waals surface area contributed by atoms with Crippen molar-refractivity contribution in [3.05, 3.63) is 12.2 Å². The Morgan fingerprint density at radius 2 is 1.71 bits per heavy atom. The van der Waals surface area contributed by atoms with E-state index in [0.717, 1.165) is 6.42 Å². The van der Waals surface area contributed by atoms with Crippen molar-refractivity contribution >= 4 is 5.91 Å². The van der Waals surface area contributed by atoms with E-state index in [0.29, 0.717) is 5.57 Å². The second kappa shape index (κ2) is 7.56. The first-order chi connectivity index (χ1) is 6.30. The summed E-state index contributed by atoms with van der Waals surface area (Å²) < 4.78 is 0. The van der Waals surface area contributed by atoms with E-state index in [4.69, 9.17) is 0 Å². The van der Waals surface area contributed by atoms with Gasteiger partial charge in [0.2, 0.25) is 5.91 Å². The lowest BCUT2D eigenvalue weighted by molar-refractivity contribution is -0.118. The lowest BCUT2D eigenvalue weighted by atomic mass is 10.0. The van der Waals surface area contributed by atoms with E-state index in [1.165, 1.54) is 0 Å². The molecule has 0 heterocycles. The fraction of sp³-hybridized carbons (Fsp3) is 0.727. The monoisotopic (exact) mass is 200 g/mol. The molecular weight excluding hydrogens is 176 g/mol. The third-order valence-electron chi connectivity index (χ3n) is 1.72. The SMILES string of the molecule is C=C(C)C(=O)NC(C)(C)CC.CNC. The van der Waals surface area contributed by atoms with Gasteiger partial charge in [0.05, 0.1) is 0 Å². The third kappa shape index (κ3) is 9.26. The predicted octanol–water partition coefficient (Wildman–Crippen LogP) is 1.70. The summed E-state index contributed by atoms with van der Waals surface area (Å²) in [6.07, 6.45) is 0.923. The second-order valence-corrected chi connectivity index (χ2v) is 3.97. The highest BCUT2D eigenvalue weighted by Crippen LogP contribution is 2.07. The second-order valence-electron chi connectivity index (χ2n) is 3.97. The lowest BCUT2D eigenvalue weighted by Gasteiger charge is -2.24. The van der Waals surface area contributed by atoms with Gasteiger partial charge in [-0.25, -0.2) is 0 Å². The molecule has 0 atom stereocenters. The maximum Gasteiger partial charge on any atom is 0.246 e. The molecule has 14 heavy (non-hydrogen) atoms. The zero-order chi connectivity index (χ0) is 11.8. The molecule has 0 aliphatic rings. The fourth-order valence-corrected chi connectivity index (χ4v) is 0.502. The summed E-state index contributed by atoms with van der Waals surface area (Å²) in [7, 11) is 3.75. The summed E-state index contributed by atoms with van der Waals surface area (Å²) in [5.74, 6) is -0.0585. The first kappa shape index (κ1) is 15.6. The smallest absolute Gasteiger partial charge is 0.246 e. The Bertz CT molecular complexity index is 186. The van der Waals surface area contributed by atoms with Crippen LogP contribution in [0, 0.1) is 0 Å². The molecule has 0 aromatic heterocycles. The summed E-state index contributed by atoms with van der Waals surface area (Å²) in [4.78, 5) is 11.1. The minimum Gasteiger partial charge on any atom is -0.347 e. The maximum atomic E-state index is 11.1. The number of rotatable bonds is 3. The average molecular weight is 200 g/mol. The van der Waals surface area contributed by atoms with Gasteiger partial charge >= 0.3 is 0 Å². The van der Waals surface area contributed by atoms with Crippen LogP contribution >= 0.6 is 0 Å². The Hall–Kier alpha value is -0.830. The molecule has 2 N–H and O–H groups in total. The lowest BCUT2D eigenvalue weighted by Crippen LogP contribution is -2.42. The van der Waals surface area contributed by atoms with Crippen molar-refractivity contribution in [2.75, 3.05) is 14.1 Å². The third-order valence-corrected chi connectivity index (χ3v) is 1.72. The van der Waals surface area contributed by atoms with Crippen molar-refractivity contribution in [3.63, 3.8) is 0 Å². The van der Waals surface area contributed by atoms with Gasteiger partial charge in [0, 0.05) is 11.1 Å². The molecule has 0 radical (unpaired) electrons. The Morgan fingerprint density at radius 3 is 1.93 bits per heavy atom. The summed E-state index contributed by atoms with van der Waals surface area (Å²) in [5, 5.41) is 5.62. The molecule has 0 rings (SSSR count). The van der Waals surface area contributed by atoms with E-state index in [2.05, 4.69) is 17.2 Å². The van der Waals surface area contributed by atoms with Crippen LogP contribution < -0.4 is 10.6 Å². The van der Waals surface area contributed by atoms with Crippen molar-refractivity contribution in [2.45, 2.75) is 39.7 Å². The van der Waals surface area contributed by atoms with Crippen LogP contribution in [0.1, 0.15) is 34.1 Å². The molecule has 0 spiro atoms. The minimum atomic E-state index is -0.115. The van der Waals surface area contributed by atoms with Gasteiger partial charge in [-0.05, 0) is 41.3 Å². The molecule has 3 nitrogen and oxygen atoms in total. The summed E-state index contributed by atoms with van der Waals surface area (Å²) in [6.45, 7) is 11.3. The quantitative estimate of drug-likeness (QED) is 0.681. The van der Waals surface area contributed by atoms with Crippen LogP contribution in [-0.4, -0.2) is 25.5 Å². The van der Waals surface area contributed by atoms with Gasteiger partial charge in [-0.2, -0.15) is 0 Å². The van der Waals surface area contributed by atoms with Crippen LogP contribution in [0.2, 0.25) is 0 Å². The number of carbonyl (C=O) groups is 1. The summed E-state index contributed by atoms with van der Waals surface area (Å²) in [5.41, 5.74) is 0.447. The van der Waals surface area contributed by atoms with Gasteiger partial charge in [-0.3, -0.25) is 4.79 Å². The molecule has 0 fully saturated rings. The topological polar surface area (TPSA) is 41.1 Å². The fourth-order valence-electron chi connectivity index (χ4n) is 0.502. The molecule has 1 amide bonds. The number of carbonyl (C=O) groups excluding carboxylic acids is 1.